The Labute approximate surface area is 148 Å². The lowest BCUT2D eigenvalue weighted by atomic mass is 9.79. The van der Waals surface area contributed by atoms with Crippen LogP contribution in [0.2, 0.25) is 0 Å². The summed E-state index contributed by atoms with van der Waals surface area (Å²) in [5.41, 5.74) is -0.557. The van der Waals surface area contributed by atoms with Crippen LogP contribution in [-0.2, 0) is 18.8 Å². The van der Waals surface area contributed by atoms with Crippen LogP contribution in [0.15, 0.2) is 12.1 Å². The van der Waals surface area contributed by atoms with Crippen LogP contribution >= 0.6 is 0 Å². The fourth-order valence-electron chi connectivity index (χ4n) is 2.29. The van der Waals surface area contributed by atoms with E-state index in [-0.39, 0.29) is 24.6 Å². The summed E-state index contributed by atoms with van der Waals surface area (Å²) in [4.78, 5) is 28.2. The Hall–Kier alpha value is -1.93. The quantitative estimate of drug-likeness (QED) is 0.591. The number of aromatic nitrogens is 1. The highest BCUT2D eigenvalue weighted by Crippen LogP contribution is 2.36. The lowest BCUT2D eigenvalue weighted by molar-refractivity contribution is 0.00578. The highest BCUT2D eigenvalue weighted by molar-refractivity contribution is 6.62. The number of pyridine rings is 1. The number of ether oxygens (including phenoxy) is 2. The molecule has 0 bridgehead atoms. The van der Waals surface area contributed by atoms with E-state index in [1.54, 1.807) is 13.8 Å². The van der Waals surface area contributed by atoms with Gasteiger partial charge in [0.1, 0.15) is 11.4 Å². The molecule has 0 unspecified atom stereocenters. The first-order valence-electron chi connectivity index (χ1n) is 8.33. The molecule has 1 aromatic rings. The number of hydrogen-bond donors (Lipinski definition) is 0. The van der Waals surface area contributed by atoms with Gasteiger partial charge in [-0.2, -0.15) is 0 Å². The summed E-state index contributed by atoms with van der Waals surface area (Å²) in [7, 11) is -0.727. The molecule has 1 fully saturated rings. The van der Waals surface area contributed by atoms with Crippen molar-refractivity contribution in [3.05, 3.63) is 23.5 Å². The molecule has 7 nitrogen and oxygen atoms in total. The standard InChI is InChI=1S/C17H24BNO6/c1-7-22-14(20)12-9-11(10-13(19-12)15(21)23-8-2)18-24-16(3,4)17(5,6)25-18/h9-10H,7-8H2,1-6H3. The van der Waals surface area contributed by atoms with E-state index < -0.39 is 30.3 Å². The maximum atomic E-state index is 12.1. The molecule has 1 aliphatic rings. The maximum Gasteiger partial charge on any atom is 0.494 e. The molecule has 0 aromatic carbocycles. The van der Waals surface area contributed by atoms with Gasteiger partial charge in [-0.25, -0.2) is 14.6 Å². The van der Waals surface area contributed by atoms with Gasteiger partial charge in [-0.05, 0) is 59.1 Å². The summed E-state index contributed by atoms with van der Waals surface area (Å²) in [5, 5.41) is 0. The lowest BCUT2D eigenvalue weighted by Gasteiger charge is -2.32. The van der Waals surface area contributed by atoms with E-state index in [0.717, 1.165) is 0 Å². The van der Waals surface area contributed by atoms with Gasteiger partial charge < -0.3 is 18.8 Å². The number of hydrogen-bond acceptors (Lipinski definition) is 7. The number of esters is 2. The summed E-state index contributed by atoms with van der Waals surface area (Å²) in [6.45, 7) is 11.5. The molecule has 0 aliphatic carbocycles. The summed E-state index contributed by atoms with van der Waals surface area (Å²) >= 11 is 0. The van der Waals surface area contributed by atoms with Crippen molar-refractivity contribution >= 4 is 24.5 Å². The molecule has 0 amide bonds. The van der Waals surface area contributed by atoms with Gasteiger partial charge in [0.2, 0.25) is 0 Å². The Kier molecular flexibility index (Phi) is 5.54. The third kappa shape index (κ3) is 4.01. The van der Waals surface area contributed by atoms with Gasteiger partial charge in [0.25, 0.3) is 0 Å². The van der Waals surface area contributed by atoms with Gasteiger partial charge in [0, 0.05) is 0 Å². The first kappa shape index (κ1) is 19.4. The minimum Gasteiger partial charge on any atom is -0.461 e. The van der Waals surface area contributed by atoms with Crippen LogP contribution in [0, 0.1) is 0 Å². The van der Waals surface area contributed by atoms with Crippen LogP contribution in [0.3, 0.4) is 0 Å². The van der Waals surface area contributed by atoms with Crippen LogP contribution in [0.5, 0.6) is 0 Å². The minimum atomic E-state index is -0.727. The van der Waals surface area contributed by atoms with Crippen LogP contribution in [-0.4, -0.2) is 48.5 Å². The van der Waals surface area contributed by atoms with Gasteiger partial charge in [-0.1, -0.05) is 0 Å². The molecule has 1 aliphatic heterocycles. The van der Waals surface area contributed by atoms with E-state index in [1.165, 1.54) is 12.1 Å². The smallest absolute Gasteiger partial charge is 0.461 e. The van der Waals surface area contributed by atoms with Crippen molar-refractivity contribution in [3.8, 4) is 0 Å². The molecular weight excluding hydrogens is 325 g/mol. The number of rotatable bonds is 5. The Morgan fingerprint density at radius 2 is 1.36 bits per heavy atom. The number of carbonyl (C=O) groups excluding carboxylic acids is 2. The number of nitrogens with zero attached hydrogens (tertiary/aromatic N) is 1. The molecule has 0 saturated carbocycles. The third-order valence-electron chi connectivity index (χ3n) is 4.34. The normalized spacial score (nSPS) is 18.1. The molecule has 136 valence electrons. The molecule has 1 saturated heterocycles. The molecule has 2 heterocycles. The van der Waals surface area contributed by atoms with Crippen LogP contribution in [0.4, 0.5) is 0 Å². The predicted molar refractivity (Wildman–Crippen MR) is 91.9 cm³/mol. The Morgan fingerprint density at radius 3 is 1.72 bits per heavy atom. The number of carbonyl (C=O) groups is 2. The first-order valence-corrected chi connectivity index (χ1v) is 8.33. The molecule has 8 heteroatoms. The van der Waals surface area contributed by atoms with Gasteiger partial charge in [0.05, 0.1) is 24.4 Å². The molecular formula is C17H24BNO6. The monoisotopic (exact) mass is 349 g/mol. The van der Waals surface area contributed by atoms with Crippen molar-refractivity contribution < 1.29 is 28.4 Å². The second-order valence-electron chi connectivity index (χ2n) is 6.70. The zero-order chi connectivity index (χ0) is 18.8. The zero-order valence-corrected chi connectivity index (χ0v) is 15.5. The van der Waals surface area contributed by atoms with Crippen LogP contribution in [0.25, 0.3) is 0 Å². The molecule has 2 rings (SSSR count). The van der Waals surface area contributed by atoms with E-state index in [0.29, 0.717) is 5.46 Å². The highest BCUT2D eigenvalue weighted by atomic mass is 16.7. The second-order valence-corrected chi connectivity index (χ2v) is 6.70. The SMILES string of the molecule is CCOC(=O)c1cc(B2OC(C)(C)C(C)(C)O2)cc(C(=O)OCC)n1. The lowest BCUT2D eigenvalue weighted by Crippen LogP contribution is -2.41. The summed E-state index contributed by atoms with van der Waals surface area (Å²) in [5.74, 6) is -1.24. The van der Waals surface area contributed by atoms with Gasteiger partial charge in [-0.3, -0.25) is 0 Å². The van der Waals surface area contributed by atoms with Crippen molar-refractivity contribution in [2.75, 3.05) is 13.2 Å². The largest absolute Gasteiger partial charge is 0.494 e. The summed E-state index contributed by atoms with van der Waals surface area (Å²) in [6, 6.07) is 3.03. The van der Waals surface area contributed by atoms with Crippen molar-refractivity contribution in [1.29, 1.82) is 0 Å². The molecule has 0 radical (unpaired) electrons. The fraction of sp³-hybridized carbons (Fsp3) is 0.588. The molecule has 1 aromatic heterocycles. The minimum absolute atomic E-state index is 0.0112. The van der Waals surface area contributed by atoms with Crippen molar-refractivity contribution in [3.63, 3.8) is 0 Å². The summed E-state index contributed by atoms with van der Waals surface area (Å²) in [6.07, 6.45) is 0. The Bertz CT molecular complexity index is 621. The summed E-state index contributed by atoms with van der Waals surface area (Å²) < 4.78 is 21.9. The fourth-order valence-corrected chi connectivity index (χ4v) is 2.29. The predicted octanol–water partition coefficient (Wildman–Crippen LogP) is 1.73. The van der Waals surface area contributed by atoms with Crippen LogP contribution in [0.1, 0.15) is 62.5 Å². The van der Waals surface area contributed by atoms with Crippen molar-refractivity contribution in [2.24, 2.45) is 0 Å². The molecule has 0 N–H and O–H groups in total. The Morgan fingerprint density at radius 1 is 0.960 bits per heavy atom. The van der Waals surface area contributed by atoms with Crippen molar-refractivity contribution in [2.45, 2.75) is 52.7 Å². The van der Waals surface area contributed by atoms with E-state index in [9.17, 15) is 9.59 Å². The van der Waals surface area contributed by atoms with Crippen LogP contribution < -0.4 is 5.46 Å². The van der Waals surface area contributed by atoms with E-state index in [4.69, 9.17) is 18.8 Å². The topological polar surface area (TPSA) is 84.0 Å². The first-order chi connectivity index (χ1) is 11.6. The second kappa shape index (κ2) is 7.13. The van der Waals surface area contributed by atoms with Gasteiger partial charge in [-0.15, -0.1) is 0 Å². The van der Waals surface area contributed by atoms with Gasteiger partial charge in [0.15, 0.2) is 0 Å². The third-order valence-corrected chi connectivity index (χ3v) is 4.34. The molecule has 0 spiro atoms. The van der Waals surface area contributed by atoms with Crippen molar-refractivity contribution in [1.82, 2.24) is 4.98 Å². The zero-order valence-electron chi connectivity index (χ0n) is 15.5. The van der Waals surface area contributed by atoms with E-state index in [1.807, 2.05) is 27.7 Å². The average molecular weight is 349 g/mol. The van der Waals surface area contributed by atoms with E-state index >= 15 is 0 Å². The van der Waals surface area contributed by atoms with E-state index in [2.05, 4.69) is 4.98 Å². The molecule has 25 heavy (non-hydrogen) atoms. The highest BCUT2D eigenvalue weighted by Gasteiger charge is 2.52. The van der Waals surface area contributed by atoms with Gasteiger partial charge >= 0.3 is 19.1 Å². The maximum absolute atomic E-state index is 12.1. The average Bonchev–Trinajstić information content (AvgIpc) is 2.75. The molecule has 0 atom stereocenters. The Balaban J connectivity index is 2.43.